The van der Waals surface area contributed by atoms with E-state index in [1.807, 2.05) is 7.05 Å². The van der Waals surface area contributed by atoms with Gasteiger partial charge in [0.1, 0.15) is 6.61 Å². The number of piperazine rings is 1. The Morgan fingerprint density at radius 2 is 1.94 bits per heavy atom. The van der Waals surface area contributed by atoms with Crippen LogP contribution in [0.2, 0.25) is 0 Å². The van der Waals surface area contributed by atoms with Crippen molar-refractivity contribution in [3.8, 4) is 0 Å². The number of likely N-dealkylation sites (N-methyl/N-ethyl adjacent to an activating group) is 1. The molecule has 1 rings (SSSR count). The van der Waals surface area contributed by atoms with E-state index < -0.39 is 5.97 Å². The average Bonchev–Trinajstić information content (AvgIpc) is 2.29. The highest BCUT2D eigenvalue weighted by Gasteiger charge is 2.18. The highest BCUT2D eigenvalue weighted by atomic mass is 16.5. The van der Waals surface area contributed by atoms with Crippen LogP contribution in [0.4, 0.5) is 4.79 Å². The second-order valence-electron chi connectivity index (χ2n) is 3.97. The summed E-state index contributed by atoms with van der Waals surface area (Å²) in [4.78, 5) is 25.7. The lowest BCUT2D eigenvalue weighted by atomic mass is 10.3. The molecule has 17 heavy (non-hydrogen) atoms. The molecule has 0 aromatic rings. The molecule has 98 valence electrons. The summed E-state index contributed by atoms with van der Waals surface area (Å²) < 4.78 is 4.81. The normalized spacial score (nSPS) is 16.9. The summed E-state index contributed by atoms with van der Waals surface area (Å²) in [5.41, 5.74) is 0. The van der Waals surface area contributed by atoms with Gasteiger partial charge >= 0.3 is 12.0 Å². The standard InChI is InChI=1S/C10H19N3O4/c1-12-3-5-13(6-4-12)10(16)11-2-7-17-8-9(14)15/h2-8H2,1H3,(H,11,16)(H,14,15). The fourth-order valence-corrected chi connectivity index (χ4v) is 1.51. The monoisotopic (exact) mass is 245 g/mol. The van der Waals surface area contributed by atoms with Crippen molar-refractivity contribution in [2.45, 2.75) is 0 Å². The van der Waals surface area contributed by atoms with Crippen molar-refractivity contribution >= 4 is 12.0 Å². The predicted octanol–water partition coefficient (Wildman–Crippen LogP) is -0.955. The zero-order chi connectivity index (χ0) is 12.7. The van der Waals surface area contributed by atoms with Crippen LogP contribution in [-0.4, -0.2) is 79.9 Å². The van der Waals surface area contributed by atoms with Gasteiger partial charge < -0.3 is 25.0 Å². The molecular weight excluding hydrogens is 226 g/mol. The van der Waals surface area contributed by atoms with Gasteiger partial charge in [0.2, 0.25) is 0 Å². The fraction of sp³-hybridized carbons (Fsp3) is 0.800. The molecule has 1 heterocycles. The highest BCUT2D eigenvalue weighted by molar-refractivity contribution is 5.74. The Bertz CT molecular complexity index is 264. The van der Waals surface area contributed by atoms with E-state index in [0.717, 1.165) is 26.2 Å². The first-order chi connectivity index (χ1) is 8.09. The number of urea groups is 1. The van der Waals surface area contributed by atoms with E-state index in [1.54, 1.807) is 4.90 Å². The van der Waals surface area contributed by atoms with E-state index in [0.29, 0.717) is 6.54 Å². The van der Waals surface area contributed by atoms with Crippen molar-refractivity contribution in [1.82, 2.24) is 15.1 Å². The Kier molecular flexibility index (Phi) is 5.71. The van der Waals surface area contributed by atoms with Crippen LogP contribution in [0.25, 0.3) is 0 Å². The number of hydrogen-bond donors (Lipinski definition) is 2. The van der Waals surface area contributed by atoms with Crippen LogP contribution in [0.1, 0.15) is 0 Å². The third-order valence-corrected chi connectivity index (χ3v) is 2.54. The zero-order valence-corrected chi connectivity index (χ0v) is 10.0. The first kappa shape index (κ1) is 13.7. The minimum Gasteiger partial charge on any atom is -0.480 e. The molecule has 2 N–H and O–H groups in total. The summed E-state index contributed by atoms with van der Waals surface area (Å²) in [6, 6.07) is -0.114. The van der Waals surface area contributed by atoms with Crippen LogP contribution in [0.3, 0.4) is 0 Å². The summed E-state index contributed by atoms with van der Waals surface area (Å²) in [5, 5.41) is 11.0. The average molecular weight is 245 g/mol. The molecule has 0 aromatic carbocycles. The number of carbonyl (C=O) groups is 2. The molecule has 0 aliphatic carbocycles. The van der Waals surface area contributed by atoms with Crippen molar-refractivity contribution < 1.29 is 19.4 Å². The van der Waals surface area contributed by atoms with Crippen LogP contribution < -0.4 is 5.32 Å². The molecule has 0 unspecified atom stereocenters. The Morgan fingerprint density at radius 3 is 2.53 bits per heavy atom. The van der Waals surface area contributed by atoms with E-state index in [4.69, 9.17) is 9.84 Å². The van der Waals surface area contributed by atoms with Crippen molar-refractivity contribution in [1.29, 1.82) is 0 Å². The van der Waals surface area contributed by atoms with Crippen LogP contribution >= 0.6 is 0 Å². The summed E-state index contributed by atoms with van der Waals surface area (Å²) in [6.07, 6.45) is 0. The first-order valence-corrected chi connectivity index (χ1v) is 5.60. The lowest BCUT2D eigenvalue weighted by Gasteiger charge is -2.32. The van der Waals surface area contributed by atoms with Gasteiger partial charge in [0, 0.05) is 32.7 Å². The molecule has 0 spiro atoms. The largest absolute Gasteiger partial charge is 0.480 e. The van der Waals surface area contributed by atoms with Gasteiger partial charge in [-0.1, -0.05) is 0 Å². The summed E-state index contributed by atoms with van der Waals surface area (Å²) in [7, 11) is 2.02. The fourth-order valence-electron chi connectivity index (χ4n) is 1.51. The molecule has 0 bridgehead atoms. The van der Waals surface area contributed by atoms with Crippen molar-refractivity contribution in [2.24, 2.45) is 0 Å². The topological polar surface area (TPSA) is 82.1 Å². The second-order valence-corrected chi connectivity index (χ2v) is 3.97. The van der Waals surface area contributed by atoms with Crippen LogP contribution in [-0.2, 0) is 9.53 Å². The number of rotatable bonds is 5. The van der Waals surface area contributed by atoms with Gasteiger partial charge in [0.05, 0.1) is 6.61 Å². The predicted molar refractivity (Wildman–Crippen MR) is 60.9 cm³/mol. The highest BCUT2D eigenvalue weighted by Crippen LogP contribution is 1.98. The number of hydrogen-bond acceptors (Lipinski definition) is 4. The third kappa shape index (κ3) is 5.50. The van der Waals surface area contributed by atoms with Gasteiger partial charge in [-0.3, -0.25) is 0 Å². The number of carboxylic acid groups (broad SMARTS) is 1. The molecule has 1 saturated heterocycles. The van der Waals surface area contributed by atoms with Crippen molar-refractivity contribution in [3.63, 3.8) is 0 Å². The minimum absolute atomic E-state index is 0.114. The molecule has 0 radical (unpaired) electrons. The van der Waals surface area contributed by atoms with Gasteiger partial charge in [0.15, 0.2) is 0 Å². The Hall–Kier alpha value is -1.34. The molecule has 7 nitrogen and oxygen atoms in total. The van der Waals surface area contributed by atoms with E-state index in [9.17, 15) is 9.59 Å². The molecule has 0 saturated carbocycles. The molecule has 1 aliphatic rings. The maximum atomic E-state index is 11.6. The lowest BCUT2D eigenvalue weighted by molar-refractivity contribution is -0.142. The quantitative estimate of drug-likeness (QED) is 0.610. The Labute approximate surface area is 100 Å². The number of carbonyl (C=O) groups excluding carboxylic acids is 1. The Morgan fingerprint density at radius 1 is 1.29 bits per heavy atom. The number of aliphatic carboxylic acids is 1. The van der Waals surface area contributed by atoms with Gasteiger partial charge in [-0.25, -0.2) is 9.59 Å². The van der Waals surface area contributed by atoms with Crippen LogP contribution in [0, 0.1) is 0 Å². The Balaban J connectivity index is 2.06. The molecule has 0 aromatic heterocycles. The number of carboxylic acids is 1. The van der Waals surface area contributed by atoms with Crippen molar-refractivity contribution in [3.05, 3.63) is 0 Å². The number of nitrogens with zero attached hydrogens (tertiary/aromatic N) is 2. The van der Waals surface area contributed by atoms with Crippen LogP contribution in [0.5, 0.6) is 0 Å². The third-order valence-electron chi connectivity index (χ3n) is 2.54. The molecular formula is C10H19N3O4. The molecule has 0 atom stereocenters. The number of ether oxygens (including phenoxy) is 1. The van der Waals surface area contributed by atoms with Crippen molar-refractivity contribution in [2.75, 3.05) is 53.0 Å². The summed E-state index contributed by atoms with van der Waals surface area (Å²) in [6.45, 7) is 3.41. The lowest BCUT2D eigenvalue weighted by Crippen LogP contribution is -2.51. The number of nitrogens with one attached hydrogen (secondary N) is 1. The minimum atomic E-state index is -1.00. The van der Waals surface area contributed by atoms with Gasteiger partial charge in [-0.05, 0) is 7.05 Å². The van der Waals surface area contributed by atoms with E-state index in [1.165, 1.54) is 0 Å². The van der Waals surface area contributed by atoms with Gasteiger partial charge in [0.25, 0.3) is 0 Å². The van der Waals surface area contributed by atoms with E-state index >= 15 is 0 Å². The molecule has 1 fully saturated rings. The number of amides is 2. The first-order valence-electron chi connectivity index (χ1n) is 5.60. The maximum absolute atomic E-state index is 11.6. The molecule has 2 amide bonds. The molecule has 7 heteroatoms. The van der Waals surface area contributed by atoms with Gasteiger partial charge in [-0.15, -0.1) is 0 Å². The van der Waals surface area contributed by atoms with Crippen LogP contribution in [0.15, 0.2) is 0 Å². The maximum Gasteiger partial charge on any atom is 0.329 e. The van der Waals surface area contributed by atoms with E-state index in [2.05, 4.69) is 10.2 Å². The smallest absolute Gasteiger partial charge is 0.329 e. The summed E-state index contributed by atoms with van der Waals surface area (Å²) >= 11 is 0. The SMILES string of the molecule is CN1CCN(C(=O)NCCOCC(=O)O)CC1. The van der Waals surface area contributed by atoms with E-state index in [-0.39, 0.29) is 19.2 Å². The summed E-state index contributed by atoms with van der Waals surface area (Å²) in [5.74, 6) is -1.00. The second kappa shape index (κ2) is 7.08. The molecule has 1 aliphatic heterocycles. The van der Waals surface area contributed by atoms with Gasteiger partial charge in [-0.2, -0.15) is 0 Å². The zero-order valence-electron chi connectivity index (χ0n) is 10.0.